The third-order valence-electron chi connectivity index (χ3n) is 4.76. The molecule has 1 aromatic heterocycles. The topological polar surface area (TPSA) is 71.0 Å². The van der Waals surface area contributed by atoms with Gasteiger partial charge in [0.05, 0.1) is 12.3 Å². The van der Waals surface area contributed by atoms with E-state index in [-0.39, 0.29) is 24.0 Å². The van der Waals surface area contributed by atoms with E-state index in [0.29, 0.717) is 19.8 Å². The molecule has 1 aliphatic rings. The average molecular weight is 560 g/mol. The Bertz CT molecular complexity index is 796. The highest BCUT2D eigenvalue weighted by Gasteiger charge is 2.15. The number of hydrogen-bond acceptors (Lipinski definition) is 6. The molecule has 1 aliphatic heterocycles. The highest BCUT2D eigenvalue weighted by molar-refractivity contribution is 14.0. The number of aliphatic imine (C=N–C) groups is 1. The number of halogens is 1. The van der Waals surface area contributed by atoms with Gasteiger partial charge < -0.3 is 25.0 Å². The lowest BCUT2D eigenvalue weighted by Crippen LogP contribution is -2.30. The summed E-state index contributed by atoms with van der Waals surface area (Å²) in [6.45, 7) is 7.16. The molecule has 2 heterocycles. The van der Waals surface area contributed by atoms with Gasteiger partial charge in [0.25, 0.3) is 0 Å². The Morgan fingerprint density at radius 1 is 1.26 bits per heavy atom. The molecular formula is C22H34IN5O2S. The van der Waals surface area contributed by atoms with Crippen LogP contribution in [-0.2, 0) is 11.2 Å². The minimum Gasteiger partial charge on any atom is -0.493 e. The van der Waals surface area contributed by atoms with Gasteiger partial charge in [-0.1, -0.05) is 6.07 Å². The number of nitrogens with one attached hydrogen (secondary N) is 2. The Morgan fingerprint density at radius 2 is 2.10 bits per heavy atom. The molecule has 0 spiro atoms. The predicted octanol–water partition coefficient (Wildman–Crippen LogP) is 4.40. The van der Waals surface area contributed by atoms with Crippen LogP contribution in [0.4, 0.5) is 10.8 Å². The fourth-order valence-corrected chi connectivity index (χ4v) is 4.16. The van der Waals surface area contributed by atoms with E-state index in [1.807, 2.05) is 24.3 Å². The summed E-state index contributed by atoms with van der Waals surface area (Å²) >= 11 is 1.74. The smallest absolute Gasteiger partial charge is 0.195 e. The molecule has 0 unspecified atom stereocenters. The van der Waals surface area contributed by atoms with Crippen LogP contribution >= 0.6 is 35.3 Å². The summed E-state index contributed by atoms with van der Waals surface area (Å²) in [6.07, 6.45) is 4.25. The van der Waals surface area contributed by atoms with E-state index in [0.717, 1.165) is 60.7 Å². The van der Waals surface area contributed by atoms with Gasteiger partial charge >= 0.3 is 0 Å². The van der Waals surface area contributed by atoms with Crippen molar-refractivity contribution < 1.29 is 9.47 Å². The third kappa shape index (κ3) is 8.82. The molecule has 1 fully saturated rings. The number of rotatable bonds is 11. The first-order valence-electron chi connectivity index (χ1n) is 10.7. The van der Waals surface area contributed by atoms with Gasteiger partial charge in [0.1, 0.15) is 5.75 Å². The van der Waals surface area contributed by atoms with Gasteiger partial charge in [-0.15, -0.1) is 35.3 Å². The van der Waals surface area contributed by atoms with Gasteiger partial charge in [-0.05, 0) is 31.9 Å². The molecule has 0 atom stereocenters. The van der Waals surface area contributed by atoms with E-state index in [4.69, 9.17) is 19.5 Å². The second kappa shape index (κ2) is 14.5. The second-order valence-corrected chi connectivity index (χ2v) is 8.01. The van der Waals surface area contributed by atoms with Gasteiger partial charge in [0.15, 0.2) is 11.1 Å². The highest BCUT2D eigenvalue weighted by Crippen LogP contribution is 2.24. The molecule has 0 saturated carbocycles. The maximum absolute atomic E-state index is 5.78. The molecule has 9 heteroatoms. The lowest BCUT2D eigenvalue weighted by Gasteiger charge is -2.13. The van der Waals surface area contributed by atoms with Gasteiger partial charge in [-0.3, -0.25) is 4.99 Å². The van der Waals surface area contributed by atoms with Crippen LogP contribution in [0.25, 0.3) is 0 Å². The van der Waals surface area contributed by atoms with Gasteiger partial charge in [-0.25, -0.2) is 4.98 Å². The van der Waals surface area contributed by atoms with Gasteiger partial charge in [-0.2, -0.15) is 0 Å². The van der Waals surface area contributed by atoms with Crippen molar-refractivity contribution in [3.05, 3.63) is 35.3 Å². The zero-order chi connectivity index (χ0) is 21.0. The molecular weight excluding hydrogens is 525 g/mol. The summed E-state index contributed by atoms with van der Waals surface area (Å²) in [5, 5.41) is 9.98. The van der Waals surface area contributed by atoms with Crippen LogP contribution in [-0.4, -0.2) is 57.4 Å². The molecule has 7 nitrogen and oxygen atoms in total. The summed E-state index contributed by atoms with van der Waals surface area (Å²) in [6, 6.07) is 7.94. The van der Waals surface area contributed by atoms with Crippen molar-refractivity contribution in [2.75, 3.05) is 56.7 Å². The Balaban J connectivity index is 0.00000341. The van der Waals surface area contributed by atoms with Gasteiger partial charge in [0.2, 0.25) is 0 Å². The molecule has 1 saturated heterocycles. The standard InChI is InChI=1S/C22H33N5O2S.HI/c1-3-23-21(25-18-8-6-9-20(16-18)29-15-7-14-28-2)24-11-10-19-17-30-22(26-19)27-12-4-5-13-27;/h6,8-9,16-17H,3-5,7,10-15H2,1-2H3,(H2,23,24,25);1H. The molecule has 172 valence electrons. The summed E-state index contributed by atoms with van der Waals surface area (Å²) < 4.78 is 10.8. The zero-order valence-electron chi connectivity index (χ0n) is 18.4. The summed E-state index contributed by atoms with van der Waals surface area (Å²) in [5.41, 5.74) is 2.07. The number of guanidine groups is 1. The van der Waals surface area contributed by atoms with E-state index in [1.54, 1.807) is 18.4 Å². The normalized spacial score (nSPS) is 13.7. The molecule has 3 rings (SSSR count). The molecule has 0 bridgehead atoms. The minimum absolute atomic E-state index is 0. The number of anilines is 2. The van der Waals surface area contributed by atoms with E-state index in [9.17, 15) is 0 Å². The number of benzene rings is 1. The first-order chi connectivity index (χ1) is 14.8. The highest BCUT2D eigenvalue weighted by atomic mass is 127. The molecule has 0 amide bonds. The van der Waals surface area contributed by atoms with Crippen molar-refractivity contribution in [3.63, 3.8) is 0 Å². The second-order valence-electron chi connectivity index (χ2n) is 7.17. The molecule has 0 radical (unpaired) electrons. The molecule has 0 aliphatic carbocycles. The zero-order valence-corrected chi connectivity index (χ0v) is 21.6. The predicted molar refractivity (Wildman–Crippen MR) is 141 cm³/mol. The van der Waals surface area contributed by atoms with Crippen LogP contribution in [0.3, 0.4) is 0 Å². The van der Waals surface area contributed by atoms with Crippen LogP contribution in [0.2, 0.25) is 0 Å². The molecule has 31 heavy (non-hydrogen) atoms. The van der Waals surface area contributed by atoms with Crippen molar-refractivity contribution in [2.24, 2.45) is 4.99 Å². The quantitative estimate of drug-likeness (QED) is 0.184. The molecule has 1 aromatic carbocycles. The molecule has 2 N–H and O–H groups in total. The van der Waals surface area contributed by atoms with E-state index < -0.39 is 0 Å². The first-order valence-corrected chi connectivity index (χ1v) is 11.6. The number of nitrogens with zero attached hydrogens (tertiary/aromatic N) is 3. The Morgan fingerprint density at radius 3 is 2.87 bits per heavy atom. The monoisotopic (exact) mass is 559 g/mol. The largest absolute Gasteiger partial charge is 0.493 e. The van der Waals surface area contributed by atoms with Crippen LogP contribution in [0, 0.1) is 0 Å². The lowest BCUT2D eigenvalue weighted by molar-refractivity contribution is 0.172. The Hall–Kier alpha value is -1.59. The summed E-state index contributed by atoms with van der Waals surface area (Å²) in [4.78, 5) is 11.9. The number of methoxy groups -OCH3 is 1. The van der Waals surface area contributed by atoms with Crippen LogP contribution in [0.5, 0.6) is 5.75 Å². The maximum atomic E-state index is 5.78. The van der Waals surface area contributed by atoms with Gasteiger partial charge in [0, 0.05) is 69.9 Å². The number of thiazole rings is 1. The molecule has 2 aromatic rings. The van der Waals surface area contributed by atoms with Crippen LogP contribution in [0.1, 0.15) is 31.9 Å². The van der Waals surface area contributed by atoms with E-state index >= 15 is 0 Å². The SMILES string of the molecule is CCNC(=NCCc1csc(N2CCCC2)n1)Nc1cccc(OCCCOC)c1.I. The van der Waals surface area contributed by atoms with Crippen molar-refractivity contribution in [1.82, 2.24) is 10.3 Å². The minimum atomic E-state index is 0. The number of hydrogen-bond donors (Lipinski definition) is 2. The summed E-state index contributed by atoms with van der Waals surface area (Å²) in [7, 11) is 1.70. The Kier molecular flexibility index (Phi) is 12.0. The van der Waals surface area contributed by atoms with Crippen LogP contribution < -0.4 is 20.3 Å². The lowest BCUT2D eigenvalue weighted by atomic mass is 10.3. The van der Waals surface area contributed by atoms with Crippen molar-refractivity contribution in [2.45, 2.75) is 32.6 Å². The van der Waals surface area contributed by atoms with Crippen molar-refractivity contribution >= 4 is 52.1 Å². The maximum Gasteiger partial charge on any atom is 0.195 e. The first kappa shape index (κ1) is 25.7. The third-order valence-corrected chi connectivity index (χ3v) is 5.71. The van der Waals surface area contributed by atoms with Crippen molar-refractivity contribution in [1.29, 1.82) is 0 Å². The van der Waals surface area contributed by atoms with E-state index in [2.05, 4.69) is 27.8 Å². The number of aromatic nitrogens is 1. The summed E-state index contributed by atoms with van der Waals surface area (Å²) in [5.74, 6) is 1.60. The van der Waals surface area contributed by atoms with E-state index in [1.165, 1.54) is 12.8 Å². The average Bonchev–Trinajstić information content (AvgIpc) is 3.44. The fraction of sp³-hybridized carbons (Fsp3) is 0.545. The van der Waals surface area contributed by atoms with Crippen LogP contribution in [0.15, 0.2) is 34.6 Å². The number of ether oxygens (including phenoxy) is 2. The fourth-order valence-electron chi connectivity index (χ4n) is 3.25. The van der Waals surface area contributed by atoms with Crippen molar-refractivity contribution in [3.8, 4) is 5.75 Å². The Labute approximate surface area is 206 Å².